The van der Waals surface area contributed by atoms with E-state index in [0.29, 0.717) is 21.8 Å². The van der Waals surface area contributed by atoms with Gasteiger partial charge in [-0.2, -0.15) is 0 Å². The summed E-state index contributed by atoms with van der Waals surface area (Å²) in [6, 6.07) is 17.9. The van der Waals surface area contributed by atoms with Crippen molar-refractivity contribution in [3.05, 3.63) is 110 Å². The molecule has 0 radical (unpaired) electrons. The lowest BCUT2D eigenvalue weighted by atomic mass is 9.94. The molecule has 0 saturated carbocycles. The van der Waals surface area contributed by atoms with Gasteiger partial charge in [0.25, 0.3) is 17.4 Å². The van der Waals surface area contributed by atoms with Gasteiger partial charge in [-0.05, 0) is 60.5 Å². The molecule has 3 aromatic rings. The molecule has 0 spiro atoms. The SMILES string of the molecule is Cc1ccccc1N1C(=O)C(=O)/C(=C(\O)c2ccc(Cl)cc2)C1c1ccc([N+](=O)[O-])cc1. The van der Waals surface area contributed by atoms with Crippen LogP contribution < -0.4 is 4.90 Å². The Morgan fingerprint density at radius 1 is 1.00 bits per heavy atom. The molecule has 1 saturated heterocycles. The topological polar surface area (TPSA) is 101 Å². The Morgan fingerprint density at radius 3 is 2.22 bits per heavy atom. The zero-order valence-electron chi connectivity index (χ0n) is 16.9. The van der Waals surface area contributed by atoms with Crippen LogP contribution in [0.4, 0.5) is 11.4 Å². The fourth-order valence-corrected chi connectivity index (χ4v) is 3.90. The number of benzene rings is 3. The van der Waals surface area contributed by atoms with Crippen LogP contribution in [0.5, 0.6) is 0 Å². The number of nitrogens with zero attached hydrogens (tertiary/aromatic N) is 2. The van der Waals surface area contributed by atoms with Crippen LogP contribution in [-0.2, 0) is 9.59 Å². The normalized spacial score (nSPS) is 17.6. The summed E-state index contributed by atoms with van der Waals surface area (Å²) >= 11 is 5.93. The maximum atomic E-state index is 13.1. The van der Waals surface area contributed by atoms with Crippen LogP contribution in [0, 0.1) is 17.0 Å². The lowest BCUT2D eigenvalue weighted by Crippen LogP contribution is -2.30. The van der Waals surface area contributed by atoms with E-state index in [1.165, 1.54) is 29.2 Å². The van der Waals surface area contributed by atoms with Crippen LogP contribution in [0.3, 0.4) is 0 Å². The summed E-state index contributed by atoms with van der Waals surface area (Å²) in [5.41, 5.74) is 1.81. The van der Waals surface area contributed by atoms with Gasteiger partial charge >= 0.3 is 0 Å². The first-order valence-electron chi connectivity index (χ1n) is 9.66. The Bertz CT molecular complexity index is 1270. The Kier molecular flexibility index (Phi) is 5.50. The zero-order valence-corrected chi connectivity index (χ0v) is 17.6. The third-order valence-electron chi connectivity index (χ3n) is 5.36. The number of Topliss-reactive ketones (excluding diaryl/α,β-unsaturated/α-hetero) is 1. The number of nitro benzene ring substituents is 1. The predicted octanol–water partition coefficient (Wildman–Crippen LogP) is 5.18. The molecule has 1 aliphatic rings. The maximum Gasteiger partial charge on any atom is 0.300 e. The summed E-state index contributed by atoms with van der Waals surface area (Å²) in [6.45, 7) is 1.81. The van der Waals surface area contributed by atoms with Crippen molar-refractivity contribution in [1.29, 1.82) is 0 Å². The molecule has 1 fully saturated rings. The highest BCUT2D eigenvalue weighted by molar-refractivity contribution is 6.51. The van der Waals surface area contributed by atoms with Gasteiger partial charge in [0.15, 0.2) is 0 Å². The van der Waals surface area contributed by atoms with Crippen molar-refractivity contribution < 1.29 is 19.6 Å². The Morgan fingerprint density at radius 2 is 1.62 bits per heavy atom. The van der Waals surface area contributed by atoms with Gasteiger partial charge in [-0.15, -0.1) is 0 Å². The number of non-ortho nitro benzene ring substituents is 1. The summed E-state index contributed by atoms with van der Waals surface area (Å²) in [5.74, 6) is -1.98. The molecule has 0 bridgehead atoms. The molecule has 1 N–H and O–H groups in total. The molecule has 1 heterocycles. The van der Waals surface area contributed by atoms with Gasteiger partial charge in [0.2, 0.25) is 0 Å². The molecule has 1 atom stereocenters. The van der Waals surface area contributed by atoms with E-state index < -0.39 is 22.7 Å². The number of halogens is 1. The van der Waals surface area contributed by atoms with E-state index in [4.69, 9.17) is 11.6 Å². The van der Waals surface area contributed by atoms with Crippen LogP contribution in [-0.4, -0.2) is 21.7 Å². The number of carbonyl (C=O) groups excluding carboxylic acids is 2. The number of hydrogen-bond donors (Lipinski definition) is 1. The number of nitro groups is 1. The first-order valence-corrected chi connectivity index (χ1v) is 10.0. The van der Waals surface area contributed by atoms with Gasteiger partial charge in [0.05, 0.1) is 16.5 Å². The first kappa shape index (κ1) is 21.3. The Labute approximate surface area is 188 Å². The van der Waals surface area contributed by atoms with Gasteiger partial charge in [-0.25, -0.2) is 0 Å². The predicted molar refractivity (Wildman–Crippen MR) is 121 cm³/mol. The number of hydrogen-bond acceptors (Lipinski definition) is 5. The Balaban J connectivity index is 1.95. The van der Waals surface area contributed by atoms with Crippen molar-refractivity contribution >= 4 is 40.4 Å². The molecular weight excluding hydrogens is 432 g/mol. The fourth-order valence-electron chi connectivity index (χ4n) is 3.77. The molecule has 32 heavy (non-hydrogen) atoms. The minimum atomic E-state index is -0.965. The number of para-hydroxylation sites is 1. The van der Waals surface area contributed by atoms with Crippen LogP contribution >= 0.6 is 11.6 Å². The van der Waals surface area contributed by atoms with Gasteiger partial charge in [0, 0.05) is 28.4 Å². The van der Waals surface area contributed by atoms with Gasteiger partial charge in [0.1, 0.15) is 5.76 Å². The minimum absolute atomic E-state index is 0.102. The highest BCUT2D eigenvalue weighted by Crippen LogP contribution is 2.43. The van der Waals surface area contributed by atoms with Crippen molar-refractivity contribution in [3.63, 3.8) is 0 Å². The van der Waals surface area contributed by atoms with Gasteiger partial charge in [-0.3, -0.25) is 24.6 Å². The second kappa shape index (κ2) is 8.28. The van der Waals surface area contributed by atoms with Crippen LogP contribution in [0.15, 0.2) is 78.4 Å². The summed E-state index contributed by atoms with van der Waals surface area (Å²) in [6.07, 6.45) is 0. The molecule has 0 aromatic heterocycles. The van der Waals surface area contributed by atoms with E-state index in [0.717, 1.165) is 5.56 Å². The van der Waals surface area contributed by atoms with Crippen LogP contribution in [0.1, 0.15) is 22.7 Å². The number of aliphatic hydroxyl groups excluding tert-OH is 1. The molecule has 160 valence electrons. The lowest BCUT2D eigenvalue weighted by Gasteiger charge is -2.26. The average Bonchev–Trinajstić information content (AvgIpc) is 3.05. The Hall–Kier alpha value is -3.97. The minimum Gasteiger partial charge on any atom is -0.507 e. The number of amides is 1. The molecule has 1 unspecified atom stereocenters. The number of carbonyl (C=O) groups is 2. The largest absolute Gasteiger partial charge is 0.507 e. The second-order valence-electron chi connectivity index (χ2n) is 7.31. The van der Waals surface area contributed by atoms with E-state index in [9.17, 15) is 24.8 Å². The van der Waals surface area contributed by atoms with Crippen molar-refractivity contribution in [3.8, 4) is 0 Å². The average molecular weight is 449 g/mol. The van der Waals surface area contributed by atoms with Gasteiger partial charge < -0.3 is 5.11 Å². The summed E-state index contributed by atoms with van der Waals surface area (Å²) in [4.78, 5) is 38.1. The maximum absolute atomic E-state index is 13.1. The molecule has 1 aliphatic heterocycles. The van der Waals surface area contributed by atoms with Crippen molar-refractivity contribution in [2.75, 3.05) is 4.90 Å². The third-order valence-corrected chi connectivity index (χ3v) is 5.61. The molecule has 1 amide bonds. The molecular formula is C24H17ClN2O5. The second-order valence-corrected chi connectivity index (χ2v) is 7.75. The fraction of sp³-hybridized carbons (Fsp3) is 0.0833. The van der Waals surface area contributed by atoms with E-state index in [1.807, 2.05) is 6.07 Å². The van der Waals surface area contributed by atoms with Crippen molar-refractivity contribution in [1.82, 2.24) is 0 Å². The number of rotatable bonds is 4. The first-order chi connectivity index (χ1) is 15.3. The van der Waals surface area contributed by atoms with Crippen molar-refractivity contribution in [2.24, 2.45) is 0 Å². The van der Waals surface area contributed by atoms with Crippen LogP contribution in [0.25, 0.3) is 5.76 Å². The molecule has 4 rings (SSSR count). The monoisotopic (exact) mass is 448 g/mol. The molecule has 7 nitrogen and oxygen atoms in total. The highest BCUT2D eigenvalue weighted by atomic mass is 35.5. The van der Waals surface area contributed by atoms with Gasteiger partial charge in [-0.1, -0.05) is 29.8 Å². The summed E-state index contributed by atoms with van der Waals surface area (Å²) in [7, 11) is 0. The number of aryl methyl sites for hydroxylation is 1. The van der Waals surface area contributed by atoms with E-state index >= 15 is 0 Å². The van der Waals surface area contributed by atoms with Crippen molar-refractivity contribution in [2.45, 2.75) is 13.0 Å². The molecule has 0 aliphatic carbocycles. The lowest BCUT2D eigenvalue weighted by molar-refractivity contribution is -0.384. The summed E-state index contributed by atoms with van der Waals surface area (Å²) < 4.78 is 0. The number of anilines is 1. The number of aliphatic hydroxyl groups is 1. The molecule has 3 aromatic carbocycles. The quantitative estimate of drug-likeness (QED) is 0.195. The smallest absolute Gasteiger partial charge is 0.300 e. The van der Waals surface area contributed by atoms with E-state index in [2.05, 4.69) is 0 Å². The third kappa shape index (κ3) is 3.63. The van der Waals surface area contributed by atoms with E-state index in [-0.39, 0.29) is 17.0 Å². The van der Waals surface area contributed by atoms with E-state index in [1.54, 1.807) is 49.4 Å². The van der Waals surface area contributed by atoms with Crippen LogP contribution in [0.2, 0.25) is 5.02 Å². The summed E-state index contributed by atoms with van der Waals surface area (Å²) in [5, 5.41) is 22.6. The zero-order chi connectivity index (χ0) is 23.0. The molecule has 8 heteroatoms. The number of ketones is 1. The highest BCUT2D eigenvalue weighted by Gasteiger charge is 2.47. The standard InChI is InChI=1S/C24H17ClN2O5/c1-14-4-2-3-5-19(14)26-21(15-8-12-18(13-9-15)27(31)32)20(23(29)24(26)30)22(28)16-6-10-17(25)11-7-16/h2-13,21,28H,1H3/b22-20-.